The number of aryl methyl sites for hydroxylation is 1. The van der Waals surface area contributed by atoms with Gasteiger partial charge in [-0.05, 0) is 6.92 Å². The molecular formula is C9H11ClN2. The minimum atomic E-state index is 0.592. The van der Waals surface area contributed by atoms with E-state index in [4.69, 9.17) is 11.6 Å². The van der Waals surface area contributed by atoms with Crippen LogP contribution in [0.25, 0.3) is 0 Å². The molecule has 0 radical (unpaired) electrons. The first-order valence-electron chi connectivity index (χ1n) is 3.94. The van der Waals surface area contributed by atoms with Gasteiger partial charge in [0.1, 0.15) is 0 Å². The minimum Gasteiger partial charge on any atom is -0.272 e. The van der Waals surface area contributed by atoms with Crippen molar-refractivity contribution in [1.82, 2.24) is 9.78 Å². The molecule has 1 aromatic heterocycles. The molecule has 0 fully saturated rings. The topological polar surface area (TPSA) is 17.8 Å². The Hall–Kier alpha value is -0.940. The number of hydrogen-bond acceptors (Lipinski definition) is 1. The van der Waals surface area contributed by atoms with E-state index in [1.807, 2.05) is 17.8 Å². The molecule has 0 amide bonds. The lowest BCUT2D eigenvalue weighted by molar-refractivity contribution is 0.660. The molecule has 1 rings (SSSR count). The molecule has 0 aliphatic carbocycles. The SMILES string of the molecule is CCn1cc(C#CCCCl)cn1. The van der Waals surface area contributed by atoms with Crippen LogP contribution in [-0.2, 0) is 6.54 Å². The molecule has 0 aliphatic heterocycles. The van der Waals surface area contributed by atoms with Gasteiger partial charge in [-0.3, -0.25) is 4.68 Å². The Balaban J connectivity index is 2.59. The molecule has 64 valence electrons. The van der Waals surface area contributed by atoms with Crippen LogP contribution in [0.5, 0.6) is 0 Å². The molecule has 12 heavy (non-hydrogen) atoms. The predicted octanol–water partition coefficient (Wildman–Crippen LogP) is 1.88. The first kappa shape index (κ1) is 9.15. The van der Waals surface area contributed by atoms with Gasteiger partial charge in [-0.2, -0.15) is 5.10 Å². The van der Waals surface area contributed by atoms with Gasteiger partial charge in [0.2, 0.25) is 0 Å². The smallest absolute Gasteiger partial charge is 0.0646 e. The summed E-state index contributed by atoms with van der Waals surface area (Å²) in [5.41, 5.74) is 0.960. The molecule has 0 spiro atoms. The van der Waals surface area contributed by atoms with E-state index in [2.05, 4.69) is 16.9 Å². The quantitative estimate of drug-likeness (QED) is 0.505. The predicted molar refractivity (Wildman–Crippen MR) is 50.1 cm³/mol. The summed E-state index contributed by atoms with van der Waals surface area (Å²) in [4.78, 5) is 0. The van der Waals surface area contributed by atoms with Gasteiger partial charge in [0.05, 0.1) is 11.8 Å². The normalized spacial score (nSPS) is 9.17. The van der Waals surface area contributed by atoms with Gasteiger partial charge >= 0.3 is 0 Å². The van der Waals surface area contributed by atoms with Gasteiger partial charge in [0.25, 0.3) is 0 Å². The van der Waals surface area contributed by atoms with Gasteiger partial charge in [0.15, 0.2) is 0 Å². The minimum absolute atomic E-state index is 0.592. The second-order valence-electron chi connectivity index (χ2n) is 2.33. The van der Waals surface area contributed by atoms with Crippen molar-refractivity contribution in [2.75, 3.05) is 5.88 Å². The van der Waals surface area contributed by atoms with Gasteiger partial charge < -0.3 is 0 Å². The Morgan fingerprint density at radius 2 is 2.50 bits per heavy atom. The van der Waals surface area contributed by atoms with Crippen LogP contribution < -0.4 is 0 Å². The van der Waals surface area contributed by atoms with Crippen molar-refractivity contribution >= 4 is 11.6 Å². The van der Waals surface area contributed by atoms with Crippen LogP contribution in [0.15, 0.2) is 12.4 Å². The first-order valence-corrected chi connectivity index (χ1v) is 4.47. The van der Waals surface area contributed by atoms with Crippen LogP contribution in [0.3, 0.4) is 0 Å². The second kappa shape index (κ2) is 4.84. The molecule has 0 unspecified atom stereocenters. The summed E-state index contributed by atoms with van der Waals surface area (Å²) in [7, 11) is 0. The molecule has 3 heteroatoms. The van der Waals surface area contributed by atoms with Gasteiger partial charge in [-0.1, -0.05) is 11.8 Å². The molecule has 0 aromatic carbocycles. The van der Waals surface area contributed by atoms with E-state index in [0.717, 1.165) is 18.5 Å². The maximum absolute atomic E-state index is 5.48. The number of alkyl halides is 1. The Morgan fingerprint density at radius 1 is 1.67 bits per heavy atom. The van der Waals surface area contributed by atoms with Crippen molar-refractivity contribution in [2.24, 2.45) is 0 Å². The Labute approximate surface area is 77.5 Å². The average Bonchev–Trinajstić information content (AvgIpc) is 2.53. The zero-order valence-corrected chi connectivity index (χ0v) is 7.80. The highest BCUT2D eigenvalue weighted by Gasteiger charge is 1.90. The van der Waals surface area contributed by atoms with Crippen LogP contribution in [-0.4, -0.2) is 15.7 Å². The van der Waals surface area contributed by atoms with E-state index in [0.29, 0.717) is 5.88 Å². The van der Waals surface area contributed by atoms with Crippen molar-refractivity contribution in [3.63, 3.8) is 0 Å². The molecule has 2 nitrogen and oxygen atoms in total. The Kier molecular flexibility index (Phi) is 3.69. The summed E-state index contributed by atoms with van der Waals surface area (Å²) in [6.45, 7) is 2.93. The van der Waals surface area contributed by atoms with Crippen LogP contribution >= 0.6 is 11.6 Å². The van der Waals surface area contributed by atoms with E-state index in [9.17, 15) is 0 Å². The van der Waals surface area contributed by atoms with Gasteiger partial charge in [-0.15, -0.1) is 11.6 Å². The molecule has 0 N–H and O–H groups in total. The molecule has 0 aliphatic rings. The third-order valence-corrected chi connectivity index (χ3v) is 1.60. The molecule has 0 bridgehead atoms. The van der Waals surface area contributed by atoms with Crippen molar-refractivity contribution < 1.29 is 0 Å². The van der Waals surface area contributed by atoms with Crippen LogP contribution in [0.1, 0.15) is 18.9 Å². The summed E-state index contributed by atoms with van der Waals surface area (Å²) >= 11 is 5.48. The second-order valence-corrected chi connectivity index (χ2v) is 2.70. The van der Waals surface area contributed by atoms with E-state index in [1.165, 1.54) is 0 Å². The number of rotatable bonds is 2. The summed E-state index contributed by atoms with van der Waals surface area (Å²) in [5.74, 6) is 6.53. The van der Waals surface area contributed by atoms with Gasteiger partial charge in [0, 0.05) is 25.0 Å². The number of aromatic nitrogens is 2. The summed E-state index contributed by atoms with van der Waals surface area (Å²) in [6.07, 6.45) is 4.44. The third-order valence-electron chi connectivity index (χ3n) is 1.41. The maximum atomic E-state index is 5.48. The third kappa shape index (κ3) is 2.60. The largest absolute Gasteiger partial charge is 0.272 e. The van der Waals surface area contributed by atoms with E-state index >= 15 is 0 Å². The fraction of sp³-hybridized carbons (Fsp3) is 0.444. The lowest BCUT2D eigenvalue weighted by Gasteiger charge is -1.88. The monoisotopic (exact) mass is 182 g/mol. The van der Waals surface area contributed by atoms with Crippen LogP contribution in [0.2, 0.25) is 0 Å². The van der Waals surface area contributed by atoms with Crippen molar-refractivity contribution in [2.45, 2.75) is 19.9 Å². The van der Waals surface area contributed by atoms with Gasteiger partial charge in [-0.25, -0.2) is 0 Å². The molecule has 0 atom stereocenters. The highest BCUT2D eigenvalue weighted by Crippen LogP contribution is 1.94. The molecule has 0 saturated heterocycles. The number of halogens is 1. The number of nitrogens with zero attached hydrogens (tertiary/aromatic N) is 2. The Morgan fingerprint density at radius 3 is 3.08 bits per heavy atom. The summed E-state index contributed by atoms with van der Waals surface area (Å²) in [6, 6.07) is 0. The van der Waals surface area contributed by atoms with Crippen molar-refractivity contribution in [3.05, 3.63) is 18.0 Å². The lowest BCUT2D eigenvalue weighted by atomic mass is 10.3. The lowest BCUT2D eigenvalue weighted by Crippen LogP contribution is -1.91. The highest BCUT2D eigenvalue weighted by atomic mass is 35.5. The van der Waals surface area contributed by atoms with E-state index in [-0.39, 0.29) is 0 Å². The summed E-state index contributed by atoms with van der Waals surface area (Å²) < 4.78 is 1.85. The first-order chi connectivity index (χ1) is 5.86. The standard InChI is InChI=1S/C9H11ClN2/c1-2-12-8-9(7-11-12)5-3-4-6-10/h7-8H,2,4,6H2,1H3. The highest BCUT2D eigenvalue weighted by molar-refractivity contribution is 6.18. The van der Waals surface area contributed by atoms with E-state index in [1.54, 1.807) is 6.20 Å². The average molecular weight is 183 g/mol. The maximum Gasteiger partial charge on any atom is 0.0646 e. The van der Waals surface area contributed by atoms with Crippen molar-refractivity contribution in [3.8, 4) is 11.8 Å². The van der Waals surface area contributed by atoms with Crippen LogP contribution in [0.4, 0.5) is 0 Å². The molecule has 1 heterocycles. The number of hydrogen-bond donors (Lipinski definition) is 0. The zero-order valence-electron chi connectivity index (χ0n) is 7.05. The Bertz CT molecular complexity index is 293. The fourth-order valence-electron chi connectivity index (χ4n) is 0.813. The zero-order chi connectivity index (χ0) is 8.81. The van der Waals surface area contributed by atoms with E-state index < -0.39 is 0 Å². The fourth-order valence-corrected chi connectivity index (χ4v) is 0.907. The molecule has 1 aromatic rings. The molecule has 0 saturated carbocycles. The van der Waals surface area contributed by atoms with Crippen LogP contribution in [0, 0.1) is 11.8 Å². The molecular weight excluding hydrogens is 172 g/mol. The van der Waals surface area contributed by atoms with Crippen molar-refractivity contribution in [1.29, 1.82) is 0 Å². The summed E-state index contributed by atoms with van der Waals surface area (Å²) in [5, 5.41) is 4.09.